The minimum Gasteiger partial charge on any atom is -0.444 e. The van der Waals surface area contributed by atoms with E-state index in [4.69, 9.17) is 10.2 Å². The fraction of sp³-hybridized carbons (Fsp3) is 0.583. The molecule has 0 radical (unpaired) electrons. The Balaban J connectivity index is 1.73. The van der Waals surface area contributed by atoms with Gasteiger partial charge in [-0.25, -0.2) is 0 Å². The number of hydrogen-bond acceptors (Lipinski definition) is 3. The van der Waals surface area contributed by atoms with Gasteiger partial charge in [-0.3, -0.25) is 4.79 Å². The van der Waals surface area contributed by atoms with E-state index >= 15 is 0 Å². The summed E-state index contributed by atoms with van der Waals surface area (Å²) in [5.41, 5.74) is 6.06. The predicted octanol–water partition coefficient (Wildman–Crippen LogP) is 1.85. The van der Waals surface area contributed by atoms with Gasteiger partial charge in [0.1, 0.15) is 0 Å². The quantitative estimate of drug-likeness (QED) is 0.861. The predicted molar refractivity (Wildman–Crippen MR) is 66.5 cm³/mol. The minimum absolute atomic E-state index is 0.0164. The van der Waals surface area contributed by atoms with Gasteiger partial charge in [0.25, 0.3) is 5.91 Å². The Morgan fingerprint density at radius 1 is 1.41 bits per heavy atom. The van der Waals surface area contributed by atoms with Crippen LogP contribution in [-0.2, 0) is 0 Å². The van der Waals surface area contributed by atoms with Crippen LogP contribution in [0.4, 0.5) is 0 Å². The van der Waals surface area contributed by atoms with Gasteiger partial charge >= 0.3 is 0 Å². The third-order valence-corrected chi connectivity index (χ3v) is 4.41. The molecular formula is C12H15BrN2O2. The van der Waals surface area contributed by atoms with Crippen molar-refractivity contribution in [2.45, 2.75) is 18.9 Å². The Labute approximate surface area is 108 Å². The van der Waals surface area contributed by atoms with Crippen LogP contribution in [0.2, 0.25) is 0 Å². The zero-order chi connectivity index (χ0) is 12.0. The third-order valence-electron chi connectivity index (χ3n) is 3.98. The lowest BCUT2D eigenvalue weighted by Crippen LogP contribution is -2.33. The van der Waals surface area contributed by atoms with E-state index in [2.05, 4.69) is 15.9 Å². The summed E-state index contributed by atoms with van der Waals surface area (Å²) in [6, 6.07) is 3.72. The smallest absolute Gasteiger partial charge is 0.289 e. The van der Waals surface area contributed by atoms with E-state index in [1.165, 1.54) is 0 Å². The maximum absolute atomic E-state index is 12.2. The summed E-state index contributed by atoms with van der Waals surface area (Å²) in [6.07, 6.45) is 2.25. The number of fused-ring (bicyclic) bond motifs is 1. The molecule has 4 nitrogen and oxygen atoms in total. The van der Waals surface area contributed by atoms with E-state index in [9.17, 15) is 4.79 Å². The monoisotopic (exact) mass is 298 g/mol. The van der Waals surface area contributed by atoms with Gasteiger partial charge in [0.05, 0.1) is 0 Å². The van der Waals surface area contributed by atoms with Gasteiger partial charge in [-0.2, -0.15) is 0 Å². The number of nitrogens with zero attached hydrogens (tertiary/aromatic N) is 1. The van der Waals surface area contributed by atoms with Gasteiger partial charge < -0.3 is 15.1 Å². The Kier molecular flexibility index (Phi) is 2.75. The van der Waals surface area contributed by atoms with Crippen molar-refractivity contribution in [3.63, 3.8) is 0 Å². The Bertz CT molecular complexity index is 445. The maximum atomic E-state index is 12.2. The summed E-state index contributed by atoms with van der Waals surface area (Å²) in [6.45, 7) is 1.61. The first-order valence-electron chi connectivity index (χ1n) is 5.95. The molecule has 1 aromatic heterocycles. The van der Waals surface area contributed by atoms with Gasteiger partial charge in [-0.15, -0.1) is 0 Å². The molecule has 1 aromatic rings. The van der Waals surface area contributed by atoms with Crippen molar-refractivity contribution in [1.82, 2.24) is 4.90 Å². The molecule has 0 unspecified atom stereocenters. The summed E-state index contributed by atoms with van der Waals surface area (Å²) in [7, 11) is 0. The molecule has 2 N–H and O–H groups in total. The van der Waals surface area contributed by atoms with Crippen LogP contribution in [0.25, 0.3) is 0 Å². The SMILES string of the molecule is N[C@@H]1CC[C@H]2CN(C(=O)c3ccc(Br)o3)C[C@H]21. The van der Waals surface area contributed by atoms with Crippen molar-refractivity contribution in [2.75, 3.05) is 13.1 Å². The Hall–Kier alpha value is -0.810. The highest BCUT2D eigenvalue weighted by Gasteiger charge is 2.42. The second kappa shape index (κ2) is 4.14. The second-order valence-electron chi connectivity index (χ2n) is 4.98. The van der Waals surface area contributed by atoms with Crippen molar-refractivity contribution in [3.05, 3.63) is 22.6 Å². The number of rotatable bonds is 1. The van der Waals surface area contributed by atoms with E-state index in [1.807, 2.05) is 4.90 Å². The molecule has 5 heteroatoms. The van der Waals surface area contributed by atoms with Crippen LogP contribution in [-0.4, -0.2) is 29.9 Å². The lowest BCUT2D eigenvalue weighted by atomic mass is 9.98. The molecule has 1 aliphatic carbocycles. The van der Waals surface area contributed by atoms with Crippen molar-refractivity contribution >= 4 is 21.8 Å². The van der Waals surface area contributed by atoms with Crippen molar-refractivity contribution in [2.24, 2.45) is 17.6 Å². The summed E-state index contributed by atoms with van der Waals surface area (Å²) >= 11 is 3.21. The van der Waals surface area contributed by atoms with Gasteiger partial charge in [0.2, 0.25) is 0 Å². The van der Waals surface area contributed by atoms with E-state index in [0.29, 0.717) is 22.3 Å². The summed E-state index contributed by atoms with van der Waals surface area (Å²) in [4.78, 5) is 14.0. The molecule has 92 valence electrons. The van der Waals surface area contributed by atoms with Crippen LogP contribution < -0.4 is 5.73 Å². The second-order valence-corrected chi connectivity index (χ2v) is 5.76. The summed E-state index contributed by atoms with van der Waals surface area (Å²) in [5, 5.41) is 0. The average Bonchev–Trinajstić information content (AvgIpc) is 2.96. The first-order chi connectivity index (χ1) is 8.15. The van der Waals surface area contributed by atoms with Gasteiger partial charge in [0.15, 0.2) is 10.4 Å². The summed E-state index contributed by atoms with van der Waals surface area (Å²) in [5.74, 6) is 1.47. The van der Waals surface area contributed by atoms with E-state index in [0.717, 1.165) is 25.9 Å². The highest BCUT2D eigenvalue weighted by Crippen LogP contribution is 2.37. The fourth-order valence-electron chi connectivity index (χ4n) is 3.06. The minimum atomic E-state index is -0.0164. The maximum Gasteiger partial charge on any atom is 0.289 e. The molecule has 3 atom stereocenters. The van der Waals surface area contributed by atoms with Crippen LogP contribution in [0, 0.1) is 11.8 Å². The molecule has 0 spiro atoms. The highest BCUT2D eigenvalue weighted by molar-refractivity contribution is 9.10. The summed E-state index contributed by atoms with van der Waals surface area (Å²) < 4.78 is 5.90. The molecule has 1 saturated carbocycles. The number of amides is 1. The Morgan fingerprint density at radius 3 is 2.88 bits per heavy atom. The molecule has 3 rings (SSSR count). The average molecular weight is 299 g/mol. The number of hydrogen-bond donors (Lipinski definition) is 1. The number of halogens is 1. The molecule has 17 heavy (non-hydrogen) atoms. The van der Waals surface area contributed by atoms with Crippen molar-refractivity contribution in [1.29, 1.82) is 0 Å². The molecule has 0 bridgehead atoms. The zero-order valence-corrected chi connectivity index (χ0v) is 11.0. The fourth-order valence-corrected chi connectivity index (χ4v) is 3.36. The van der Waals surface area contributed by atoms with Crippen LogP contribution in [0.1, 0.15) is 23.4 Å². The lowest BCUT2D eigenvalue weighted by molar-refractivity contribution is 0.0746. The van der Waals surface area contributed by atoms with Gasteiger partial charge in [0, 0.05) is 19.1 Å². The number of nitrogens with two attached hydrogens (primary N) is 1. The van der Waals surface area contributed by atoms with Crippen LogP contribution in [0.5, 0.6) is 0 Å². The van der Waals surface area contributed by atoms with Crippen LogP contribution in [0.3, 0.4) is 0 Å². The topological polar surface area (TPSA) is 59.5 Å². The standard InChI is InChI=1S/C12H15BrN2O2/c13-11-4-3-10(17-11)12(16)15-5-7-1-2-9(14)8(7)6-15/h3-4,7-9H,1-2,5-6,14H2/t7-,8+,9+/m0/s1. The van der Waals surface area contributed by atoms with Crippen LogP contribution >= 0.6 is 15.9 Å². The lowest BCUT2D eigenvalue weighted by Gasteiger charge is -2.17. The molecule has 1 amide bonds. The normalized spacial score (nSPS) is 31.9. The molecule has 2 fully saturated rings. The zero-order valence-electron chi connectivity index (χ0n) is 9.43. The Morgan fingerprint density at radius 2 is 2.24 bits per heavy atom. The van der Waals surface area contributed by atoms with E-state index < -0.39 is 0 Å². The third kappa shape index (κ3) is 1.91. The molecular weight excluding hydrogens is 284 g/mol. The number of carbonyl (C=O) groups is 1. The van der Waals surface area contributed by atoms with E-state index in [1.54, 1.807) is 12.1 Å². The molecule has 2 aliphatic rings. The first-order valence-corrected chi connectivity index (χ1v) is 6.74. The van der Waals surface area contributed by atoms with Gasteiger partial charge in [-0.1, -0.05) is 0 Å². The first kappa shape index (κ1) is 11.3. The van der Waals surface area contributed by atoms with Crippen LogP contribution in [0.15, 0.2) is 21.2 Å². The molecule has 2 heterocycles. The largest absolute Gasteiger partial charge is 0.444 e. The molecule has 1 aliphatic heterocycles. The number of furan rings is 1. The van der Waals surface area contributed by atoms with Crippen molar-refractivity contribution < 1.29 is 9.21 Å². The number of carbonyl (C=O) groups excluding carboxylic acids is 1. The molecule has 1 saturated heterocycles. The molecule has 0 aromatic carbocycles. The van der Waals surface area contributed by atoms with Gasteiger partial charge in [-0.05, 0) is 52.7 Å². The van der Waals surface area contributed by atoms with E-state index in [-0.39, 0.29) is 11.9 Å². The number of likely N-dealkylation sites (tertiary alicyclic amines) is 1. The van der Waals surface area contributed by atoms with Crippen molar-refractivity contribution in [3.8, 4) is 0 Å². The highest BCUT2D eigenvalue weighted by atomic mass is 79.9.